The summed E-state index contributed by atoms with van der Waals surface area (Å²) in [5.74, 6) is 0.00694. The summed E-state index contributed by atoms with van der Waals surface area (Å²) in [6.07, 6.45) is 0.0673. The number of sulfonamides is 1. The Labute approximate surface area is 188 Å². The number of hydrogen-bond donors (Lipinski definition) is 1. The average molecular weight is 462 g/mol. The van der Waals surface area contributed by atoms with Gasteiger partial charge >= 0.3 is 0 Å². The Kier molecular flexibility index (Phi) is 7.05. The SMILES string of the molecule is COc1ccc(N2CC(C(=O)NCc3ccccc3S(=O)(=O)N(C)C)CC2=O)cc1OC. The molecule has 10 heteroatoms. The van der Waals surface area contributed by atoms with E-state index >= 15 is 0 Å². The standard InChI is InChI=1S/C22H27N3O6S/c1-24(2)32(28,29)20-8-6-5-7-15(20)13-23-22(27)16-11-21(26)25(14-16)17-9-10-18(30-3)19(12-17)31-4/h5-10,12,16H,11,13-14H2,1-4H3,(H,23,27). The molecule has 1 N–H and O–H groups in total. The molecule has 1 saturated heterocycles. The molecule has 0 aliphatic carbocycles. The van der Waals surface area contributed by atoms with E-state index in [0.29, 0.717) is 22.7 Å². The zero-order valence-electron chi connectivity index (χ0n) is 18.5. The Morgan fingerprint density at radius 2 is 1.81 bits per heavy atom. The van der Waals surface area contributed by atoms with E-state index in [9.17, 15) is 18.0 Å². The van der Waals surface area contributed by atoms with E-state index in [1.807, 2.05) is 0 Å². The van der Waals surface area contributed by atoms with Gasteiger partial charge in [-0.3, -0.25) is 9.59 Å². The fourth-order valence-electron chi connectivity index (χ4n) is 3.55. The van der Waals surface area contributed by atoms with Gasteiger partial charge in [0.1, 0.15) is 0 Å². The molecular formula is C22H27N3O6S. The highest BCUT2D eigenvalue weighted by molar-refractivity contribution is 7.89. The topological polar surface area (TPSA) is 105 Å². The van der Waals surface area contributed by atoms with E-state index in [4.69, 9.17) is 9.47 Å². The summed E-state index contributed by atoms with van der Waals surface area (Å²) >= 11 is 0. The van der Waals surface area contributed by atoms with Gasteiger partial charge < -0.3 is 19.7 Å². The van der Waals surface area contributed by atoms with Crippen LogP contribution in [0.15, 0.2) is 47.4 Å². The molecule has 9 nitrogen and oxygen atoms in total. The highest BCUT2D eigenvalue weighted by atomic mass is 32.2. The molecule has 0 aromatic heterocycles. The number of carbonyl (C=O) groups is 2. The molecule has 0 saturated carbocycles. The van der Waals surface area contributed by atoms with Gasteiger partial charge in [0.15, 0.2) is 11.5 Å². The minimum Gasteiger partial charge on any atom is -0.493 e. The van der Waals surface area contributed by atoms with Crippen molar-refractivity contribution in [2.75, 3.05) is 39.8 Å². The third-order valence-electron chi connectivity index (χ3n) is 5.36. The van der Waals surface area contributed by atoms with Crippen molar-refractivity contribution in [1.29, 1.82) is 0 Å². The van der Waals surface area contributed by atoms with Crippen LogP contribution in [0.3, 0.4) is 0 Å². The van der Waals surface area contributed by atoms with Crippen molar-refractivity contribution in [3.05, 3.63) is 48.0 Å². The van der Waals surface area contributed by atoms with Crippen LogP contribution in [0.5, 0.6) is 11.5 Å². The van der Waals surface area contributed by atoms with Crippen LogP contribution in [0.25, 0.3) is 0 Å². The number of methoxy groups -OCH3 is 2. The predicted octanol–water partition coefficient (Wildman–Crippen LogP) is 1.62. The minimum absolute atomic E-state index is 0.0448. The monoisotopic (exact) mass is 461 g/mol. The summed E-state index contributed by atoms with van der Waals surface area (Å²) in [7, 11) is 2.31. The van der Waals surface area contributed by atoms with Crippen LogP contribution in [-0.2, 0) is 26.2 Å². The first-order valence-corrected chi connectivity index (χ1v) is 11.4. The number of anilines is 1. The van der Waals surface area contributed by atoms with Crippen LogP contribution in [0.1, 0.15) is 12.0 Å². The van der Waals surface area contributed by atoms with Gasteiger partial charge in [0, 0.05) is 45.4 Å². The molecule has 3 rings (SSSR count). The van der Waals surface area contributed by atoms with Crippen molar-refractivity contribution in [3.63, 3.8) is 0 Å². The molecule has 0 radical (unpaired) electrons. The lowest BCUT2D eigenvalue weighted by molar-refractivity contribution is -0.126. The molecule has 2 aromatic carbocycles. The number of rotatable bonds is 8. The molecule has 1 aliphatic rings. The second-order valence-corrected chi connectivity index (χ2v) is 9.68. The molecule has 1 unspecified atom stereocenters. The highest BCUT2D eigenvalue weighted by Crippen LogP contribution is 2.34. The van der Waals surface area contributed by atoms with Crippen molar-refractivity contribution in [2.24, 2.45) is 5.92 Å². The van der Waals surface area contributed by atoms with Crippen molar-refractivity contribution < 1.29 is 27.5 Å². The summed E-state index contributed by atoms with van der Waals surface area (Å²) < 4.78 is 36.7. The largest absolute Gasteiger partial charge is 0.493 e. The third-order valence-corrected chi connectivity index (χ3v) is 7.27. The van der Waals surface area contributed by atoms with Crippen LogP contribution in [-0.4, -0.2) is 59.4 Å². The van der Waals surface area contributed by atoms with E-state index in [0.717, 1.165) is 4.31 Å². The van der Waals surface area contributed by atoms with E-state index in [1.54, 1.807) is 36.4 Å². The lowest BCUT2D eigenvalue weighted by Gasteiger charge is -2.19. The van der Waals surface area contributed by atoms with Crippen molar-refractivity contribution in [1.82, 2.24) is 9.62 Å². The number of nitrogens with one attached hydrogen (secondary N) is 1. The van der Waals surface area contributed by atoms with Crippen LogP contribution >= 0.6 is 0 Å². The van der Waals surface area contributed by atoms with E-state index in [-0.39, 0.29) is 36.2 Å². The average Bonchev–Trinajstić information content (AvgIpc) is 3.18. The Hall–Kier alpha value is -3.11. The smallest absolute Gasteiger partial charge is 0.242 e. The van der Waals surface area contributed by atoms with Crippen molar-refractivity contribution in [2.45, 2.75) is 17.9 Å². The number of nitrogens with zero attached hydrogens (tertiary/aromatic N) is 2. The molecule has 0 bridgehead atoms. The lowest BCUT2D eigenvalue weighted by atomic mass is 10.1. The van der Waals surface area contributed by atoms with Crippen molar-refractivity contribution >= 4 is 27.5 Å². The number of ether oxygens (including phenoxy) is 2. The van der Waals surface area contributed by atoms with Gasteiger partial charge in [0.25, 0.3) is 0 Å². The van der Waals surface area contributed by atoms with Gasteiger partial charge in [-0.15, -0.1) is 0 Å². The van der Waals surface area contributed by atoms with Gasteiger partial charge in [-0.1, -0.05) is 18.2 Å². The maximum atomic E-state index is 12.8. The molecule has 1 aliphatic heterocycles. The first-order chi connectivity index (χ1) is 15.2. The summed E-state index contributed by atoms with van der Waals surface area (Å²) in [5, 5.41) is 2.78. The van der Waals surface area contributed by atoms with Gasteiger partial charge in [-0.2, -0.15) is 0 Å². The van der Waals surface area contributed by atoms with E-state index in [1.165, 1.54) is 39.3 Å². The Balaban J connectivity index is 1.70. The molecular weight excluding hydrogens is 434 g/mol. The van der Waals surface area contributed by atoms with Gasteiger partial charge in [-0.05, 0) is 23.8 Å². The molecule has 1 atom stereocenters. The van der Waals surface area contributed by atoms with E-state index < -0.39 is 15.9 Å². The molecule has 1 fully saturated rings. The first kappa shape index (κ1) is 23.6. The number of benzene rings is 2. The highest BCUT2D eigenvalue weighted by Gasteiger charge is 2.35. The molecule has 172 valence electrons. The van der Waals surface area contributed by atoms with E-state index in [2.05, 4.69) is 5.32 Å². The van der Waals surface area contributed by atoms with Crippen LogP contribution in [0.2, 0.25) is 0 Å². The van der Waals surface area contributed by atoms with Crippen LogP contribution < -0.4 is 19.7 Å². The number of hydrogen-bond acceptors (Lipinski definition) is 6. The maximum absolute atomic E-state index is 12.8. The summed E-state index contributed by atoms with van der Waals surface area (Å²) in [6, 6.07) is 11.7. The number of amides is 2. The first-order valence-electron chi connectivity index (χ1n) is 9.99. The Morgan fingerprint density at radius 3 is 2.47 bits per heavy atom. The number of carbonyl (C=O) groups excluding carboxylic acids is 2. The van der Waals surface area contributed by atoms with Gasteiger partial charge in [0.05, 0.1) is 25.0 Å². The predicted molar refractivity (Wildman–Crippen MR) is 119 cm³/mol. The fraction of sp³-hybridized carbons (Fsp3) is 0.364. The zero-order chi connectivity index (χ0) is 23.5. The minimum atomic E-state index is -3.64. The lowest BCUT2D eigenvalue weighted by Crippen LogP contribution is -2.33. The second kappa shape index (κ2) is 9.58. The zero-order valence-corrected chi connectivity index (χ0v) is 19.3. The van der Waals surface area contributed by atoms with Crippen molar-refractivity contribution in [3.8, 4) is 11.5 Å². The maximum Gasteiger partial charge on any atom is 0.242 e. The molecule has 1 heterocycles. The molecule has 32 heavy (non-hydrogen) atoms. The van der Waals surface area contributed by atoms with Crippen LogP contribution in [0.4, 0.5) is 5.69 Å². The van der Waals surface area contributed by atoms with Gasteiger partial charge in [-0.25, -0.2) is 12.7 Å². The van der Waals surface area contributed by atoms with Gasteiger partial charge in [0.2, 0.25) is 21.8 Å². The van der Waals surface area contributed by atoms with Crippen LogP contribution in [0, 0.1) is 5.92 Å². The molecule has 0 spiro atoms. The summed E-state index contributed by atoms with van der Waals surface area (Å²) in [5.41, 5.74) is 1.10. The summed E-state index contributed by atoms with van der Waals surface area (Å²) in [6.45, 7) is 0.265. The second-order valence-electron chi connectivity index (χ2n) is 7.56. The molecule has 2 amide bonds. The normalized spacial score (nSPS) is 16.3. The quantitative estimate of drug-likeness (QED) is 0.641. The summed E-state index contributed by atoms with van der Waals surface area (Å²) in [4.78, 5) is 27.0. The Morgan fingerprint density at radius 1 is 1.12 bits per heavy atom. The Bertz CT molecular complexity index is 1120. The third kappa shape index (κ3) is 4.71. The fourth-order valence-corrected chi connectivity index (χ4v) is 4.67. The molecule has 2 aromatic rings.